The minimum Gasteiger partial charge on any atom is -0.446 e. The number of rotatable bonds is 21. The zero-order chi connectivity index (χ0) is 48.3. The van der Waals surface area contributed by atoms with E-state index >= 15 is 0 Å². The maximum atomic E-state index is 8.58. The highest BCUT2D eigenvalue weighted by atomic mass is 29.9. The highest BCUT2D eigenvalue weighted by molar-refractivity contribution is 7.80. The fraction of sp³-hybridized carbons (Fsp3) is 0.789. The summed E-state index contributed by atoms with van der Waals surface area (Å²) in [7, 11) is -42.3. The summed E-state index contributed by atoms with van der Waals surface area (Å²) in [5, 5.41) is 1.01. The van der Waals surface area contributed by atoms with E-state index in [1.807, 2.05) is 6.08 Å². The van der Waals surface area contributed by atoms with Gasteiger partial charge in [-0.05, 0) is 200 Å². The third-order valence-corrected chi connectivity index (χ3v) is 75.2. The molecule has 0 aromatic heterocycles. The van der Waals surface area contributed by atoms with Crippen LogP contribution in [0.3, 0.4) is 0 Å². The molecule has 0 bridgehead atoms. The molecule has 1 aromatic rings. The van der Waals surface area contributed by atoms with Gasteiger partial charge in [0.2, 0.25) is 0 Å². The zero-order valence-electron chi connectivity index (χ0n) is 44.3. The number of hydrogen-bond donors (Lipinski definition) is 0. The molecule has 23 heteroatoms. The van der Waals surface area contributed by atoms with Crippen LogP contribution in [0.15, 0.2) is 24.8 Å². The van der Waals surface area contributed by atoms with Crippen molar-refractivity contribution < 1.29 is 42.1 Å². The van der Waals surface area contributed by atoms with Crippen LogP contribution in [0.4, 0.5) is 0 Å². The first-order valence-corrected chi connectivity index (χ1v) is 63.3. The van der Waals surface area contributed by atoms with E-state index in [9.17, 15) is 0 Å². The van der Waals surface area contributed by atoms with Gasteiger partial charge in [0, 0.05) is 0 Å². The maximum Gasteiger partial charge on any atom is 0.522 e. The molecule has 10 nitrogen and oxygen atoms in total. The topological polar surface area (TPSA) is 92.3 Å². The molecule has 0 radical (unpaired) electrons. The van der Waals surface area contributed by atoms with E-state index < -0.39 is 112 Å². The van der Waals surface area contributed by atoms with Crippen molar-refractivity contribution in [2.45, 2.75) is 196 Å². The smallest absolute Gasteiger partial charge is 0.446 e. The van der Waals surface area contributed by atoms with Crippen molar-refractivity contribution in [1.29, 1.82) is 0 Å². The summed E-state index contributed by atoms with van der Waals surface area (Å²) in [5.41, 5.74) is 0.296. The molecule has 0 saturated carbocycles. The first kappa shape index (κ1) is 58.5. The third kappa shape index (κ3) is 14.7. The van der Waals surface area contributed by atoms with E-state index in [0.29, 0.717) is 6.42 Å². The Bertz CT molecular complexity index is 1610. The predicted molar refractivity (Wildman–Crippen MR) is 292 cm³/mol. The molecule has 1 heterocycles. The van der Waals surface area contributed by atoms with Gasteiger partial charge in [0.15, 0.2) is 74.9 Å². The molecule has 1 unspecified atom stereocenters. The van der Waals surface area contributed by atoms with Crippen molar-refractivity contribution >= 4 is 117 Å². The monoisotopic (exact) mass is 1070 g/mol. The second-order valence-corrected chi connectivity index (χ2v) is 90.8. The molecule has 2 rings (SSSR count). The van der Waals surface area contributed by atoms with Crippen LogP contribution < -0.4 is 5.19 Å². The lowest BCUT2D eigenvalue weighted by Crippen LogP contribution is -3.07. The molecule has 1 aromatic carbocycles. The van der Waals surface area contributed by atoms with Crippen LogP contribution >= 0.6 is 0 Å². The molecule has 1 atom stereocenters. The van der Waals surface area contributed by atoms with Crippen LogP contribution in [0.25, 0.3) is 6.08 Å². The Kier molecular flexibility index (Phi) is 17.9. The van der Waals surface area contributed by atoms with Crippen LogP contribution in [0.1, 0.15) is 18.1 Å². The minimum absolute atomic E-state index is 0.694. The molecule has 356 valence electrons. The fourth-order valence-corrected chi connectivity index (χ4v) is 131. The Morgan fingerprint density at radius 2 is 0.803 bits per heavy atom. The van der Waals surface area contributed by atoms with Crippen molar-refractivity contribution in [2.75, 3.05) is 0 Å². The van der Waals surface area contributed by atoms with Gasteiger partial charge < -0.3 is 42.1 Å². The number of benzene rings is 1. The van der Waals surface area contributed by atoms with Gasteiger partial charge in [-0.3, -0.25) is 0 Å². The fourth-order valence-electron chi connectivity index (χ4n) is 7.78. The van der Waals surface area contributed by atoms with Crippen LogP contribution in [0, 0.1) is 0 Å². The lowest BCUT2D eigenvalue weighted by molar-refractivity contribution is -0.229. The highest BCUT2D eigenvalue weighted by Gasteiger charge is 3.00. The van der Waals surface area contributed by atoms with E-state index in [0.717, 1.165) is 16.3 Å². The molecular weight excluding hydrogens is 982 g/mol. The van der Waals surface area contributed by atoms with Gasteiger partial charge in [-0.2, -0.15) is 0 Å². The molecule has 1 saturated heterocycles. The normalized spacial score (nSPS) is 21.7. The summed E-state index contributed by atoms with van der Waals surface area (Å²) in [6.07, 6.45) is 2.66. The summed E-state index contributed by atoms with van der Waals surface area (Å²) < 4.78 is 83.2. The zero-order valence-corrected chi connectivity index (χ0v) is 57.3. The SMILES string of the molecule is C=Cc1cccc([Si]2(O[Si](C)(C)C)C(O[Si](C)(C)C)(O[Si](C)(C)C)O[Si](O[Si](C)(C)C)(O[Si](C)(C)C)[Si](O[Si](C)(C)C)(O[Si](C)(C)C)[Si]2(O[Si](C)(C)C)O[Si](C)(C)C)c1CC. The molecule has 61 heavy (non-hydrogen) atoms. The molecule has 0 aliphatic carbocycles. The second kappa shape index (κ2) is 18.7. The maximum absolute atomic E-state index is 8.58. The van der Waals surface area contributed by atoms with Crippen molar-refractivity contribution in [1.82, 2.24) is 0 Å². The lowest BCUT2D eigenvalue weighted by atomic mass is 10.1. The van der Waals surface area contributed by atoms with Crippen molar-refractivity contribution in [3.8, 4) is 0 Å². The van der Waals surface area contributed by atoms with Crippen LogP contribution in [-0.2, 0) is 48.5 Å². The first-order chi connectivity index (χ1) is 26.6. The summed E-state index contributed by atoms with van der Waals surface area (Å²) in [4.78, 5) is 0. The van der Waals surface area contributed by atoms with E-state index in [4.69, 9.17) is 42.1 Å². The molecule has 0 amide bonds. The second-order valence-electron chi connectivity index (χ2n) is 25.5. The molecule has 0 spiro atoms. The standard InChI is InChI=1S/C38H92O10Si13/c1-30-35-33-32-34-37(36(35)31-2)58(42-51(9,10)11)38(39-49(3,4)5,40-50(6,7)8)41-59(43-52(12,13)14,44-53(15,16)17)61(47-56(24,25)26,48-57(27,28)29)60(58,45-54(18,19)20)46-55(21,22)23/h30,32-34H,1,31H2,2-29H3. The van der Waals surface area contributed by atoms with Gasteiger partial charge in [-0.25, -0.2) is 0 Å². The molecular formula is C38H92O10Si13. The van der Waals surface area contributed by atoms with E-state index in [2.05, 4.69) is 208 Å². The van der Waals surface area contributed by atoms with Gasteiger partial charge in [0.05, 0.1) is 0 Å². The average molecular weight is 1070 g/mol. The Balaban J connectivity index is 4.24. The van der Waals surface area contributed by atoms with Gasteiger partial charge >= 0.3 is 31.3 Å². The molecule has 1 aliphatic heterocycles. The lowest BCUT2D eigenvalue weighted by Gasteiger charge is -2.70. The van der Waals surface area contributed by atoms with Crippen molar-refractivity contribution in [3.63, 3.8) is 0 Å². The third-order valence-electron chi connectivity index (χ3n) is 8.19. The highest BCUT2D eigenvalue weighted by Crippen LogP contribution is 2.58. The van der Waals surface area contributed by atoms with Crippen molar-refractivity contribution in [3.05, 3.63) is 35.9 Å². The summed E-state index contributed by atoms with van der Waals surface area (Å²) in [6, 6.07) is 6.56. The molecule has 0 N–H and O–H groups in total. The molecule has 1 fully saturated rings. The molecule has 1 aliphatic rings. The minimum atomic E-state index is -4.51. The summed E-state index contributed by atoms with van der Waals surface area (Å²) in [6.45, 7) is 67.4. The van der Waals surface area contributed by atoms with E-state index in [1.165, 1.54) is 0 Å². The predicted octanol–water partition coefficient (Wildman–Crippen LogP) is 12.0. The van der Waals surface area contributed by atoms with Crippen LogP contribution in [0.5, 0.6) is 0 Å². The van der Waals surface area contributed by atoms with Crippen LogP contribution in [-0.4, -0.2) is 112 Å². The van der Waals surface area contributed by atoms with Gasteiger partial charge in [-0.15, -0.1) is 0 Å². The van der Waals surface area contributed by atoms with E-state index in [1.54, 1.807) is 0 Å². The Morgan fingerprint density at radius 3 is 1.08 bits per heavy atom. The quantitative estimate of drug-likeness (QED) is 0.0875. The first-order valence-electron chi connectivity index (χ1n) is 22.3. The summed E-state index contributed by atoms with van der Waals surface area (Å²) in [5.74, 6) is 0. The Labute approximate surface area is 388 Å². The Hall–Kier alpha value is 1.38. The average Bonchev–Trinajstić information content (AvgIpc) is 2.90. The largest absolute Gasteiger partial charge is 0.522 e. The van der Waals surface area contributed by atoms with Gasteiger partial charge in [0.25, 0.3) is 5.60 Å². The Morgan fingerprint density at radius 1 is 0.475 bits per heavy atom. The van der Waals surface area contributed by atoms with Gasteiger partial charge in [-0.1, -0.05) is 37.8 Å². The van der Waals surface area contributed by atoms with E-state index in [-0.39, 0.29) is 0 Å². The summed E-state index contributed by atoms with van der Waals surface area (Å²) >= 11 is 0. The number of hydrogen-bond acceptors (Lipinski definition) is 10. The van der Waals surface area contributed by atoms with Gasteiger partial charge in [0.1, 0.15) is 0 Å². The van der Waals surface area contributed by atoms with Crippen molar-refractivity contribution in [2.24, 2.45) is 0 Å². The van der Waals surface area contributed by atoms with Crippen LogP contribution in [0.2, 0.25) is 177 Å².